The summed E-state index contributed by atoms with van der Waals surface area (Å²) in [6.07, 6.45) is 2.34. The molecule has 0 amide bonds. The molecule has 1 atom stereocenters. The normalized spacial score (nSPS) is 20.4. The minimum absolute atomic E-state index is 0.166. The highest BCUT2D eigenvalue weighted by atomic mass is 32.1. The zero-order valence-corrected chi connectivity index (χ0v) is 9.66. The van der Waals surface area contributed by atoms with Crippen molar-refractivity contribution in [2.45, 2.75) is 25.9 Å². The topological polar surface area (TPSA) is 61.0 Å². The number of hydrogen-bond acceptors (Lipinski definition) is 6. The molecule has 1 aliphatic heterocycles. The lowest BCUT2D eigenvalue weighted by molar-refractivity contribution is 0.112. The maximum absolute atomic E-state index is 5.59. The van der Waals surface area contributed by atoms with Crippen LogP contribution in [0, 0.1) is 6.92 Å². The van der Waals surface area contributed by atoms with Crippen molar-refractivity contribution in [2.75, 3.05) is 6.61 Å². The molecular formula is C10H11N3O2S. The molecule has 2 aromatic heterocycles. The first-order valence-electron chi connectivity index (χ1n) is 5.21. The van der Waals surface area contributed by atoms with Crippen molar-refractivity contribution in [3.63, 3.8) is 0 Å². The molecule has 0 aromatic carbocycles. The third-order valence-corrected chi connectivity index (χ3v) is 3.56. The molecule has 0 bridgehead atoms. The molecule has 5 nitrogen and oxygen atoms in total. The number of aryl methyl sites for hydroxylation is 1. The maximum atomic E-state index is 5.59. The summed E-state index contributed by atoms with van der Waals surface area (Å²) in [5.41, 5.74) is 2.32. The predicted octanol–water partition coefficient (Wildman–Crippen LogP) is 2.35. The van der Waals surface area contributed by atoms with Gasteiger partial charge in [-0.2, -0.15) is 0 Å². The Morgan fingerprint density at radius 2 is 2.38 bits per heavy atom. The zero-order chi connectivity index (χ0) is 11.0. The van der Waals surface area contributed by atoms with Crippen LogP contribution >= 0.6 is 11.3 Å². The average molecular weight is 237 g/mol. The Bertz CT molecular complexity index is 488. The van der Waals surface area contributed by atoms with Crippen molar-refractivity contribution in [1.82, 2.24) is 15.3 Å². The summed E-state index contributed by atoms with van der Waals surface area (Å²) in [6, 6.07) is 0. The van der Waals surface area contributed by atoms with Crippen LogP contribution in [0.3, 0.4) is 0 Å². The largest absolute Gasteiger partial charge is 0.371 e. The molecule has 3 rings (SSSR count). The Hall–Kier alpha value is -1.27. The molecule has 16 heavy (non-hydrogen) atoms. The summed E-state index contributed by atoms with van der Waals surface area (Å²) < 4.78 is 10.3. The van der Waals surface area contributed by atoms with Gasteiger partial charge in [0.25, 0.3) is 0 Å². The fraction of sp³-hybridized carbons (Fsp3) is 0.500. The van der Waals surface area contributed by atoms with Gasteiger partial charge in [0.1, 0.15) is 22.5 Å². The van der Waals surface area contributed by atoms with E-state index in [1.807, 2.05) is 12.3 Å². The number of rotatable bonds is 2. The van der Waals surface area contributed by atoms with Crippen molar-refractivity contribution >= 4 is 11.3 Å². The minimum Gasteiger partial charge on any atom is -0.371 e. The van der Waals surface area contributed by atoms with Gasteiger partial charge in [-0.15, -0.1) is 11.3 Å². The van der Waals surface area contributed by atoms with E-state index >= 15 is 0 Å². The van der Waals surface area contributed by atoms with Crippen LogP contribution in [0.2, 0.25) is 0 Å². The van der Waals surface area contributed by atoms with E-state index in [0.29, 0.717) is 0 Å². The van der Waals surface area contributed by atoms with Gasteiger partial charge in [-0.25, -0.2) is 9.61 Å². The number of nitrogens with zero attached hydrogens (tertiary/aromatic N) is 3. The molecule has 0 aliphatic carbocycles. The van der Waals surface area contributed by atoms with E-state index in [2.05, 4.69) is 19.9 Å². The second-order valence-corrected chi connectivity index (χ2v) is 4.66. The standard InChI is InChI=1S/C10H11N3O2S/c1-6-9(13-15-12-6)7-5-16-10(11-7)8-3-2-4-14-8/h5,8H,2-4H2,1H3/t8-/m0/s1. The first kappa shape index (κ1) is 9.92. The van der Waals surface area contributed by atoms with Crippen LogP contribution in [0.25, 0.3) is 11.4 Å². The molecular weight excluding hydrogens is 226 g/mol. The van der Waals surface area contributed by atoms with Crippen molar-refractivity contribution in [3.8, 4) is 11.4 Å². The van der Waals surface area contributed by atoms with Crippen LogP contribution < -0.4 is 0 Å². The van der Waals surface area contributed by atoms with Gasteiger partial charge < -0.3 is 4.74 Å². The van der Waals surface area contributed by atoms with Gasteiger partial charge in [-0.05, 0) is 24.9 Å². The third-order valence-electron chi connectivity index (χ3n) is 2.62. The Morgan fingerprint density at radius 1 is 1.44 bits per heavy atom. The van der Waals surface area contributed by atoms with Crippen molar-refractivity contribution in [3.05, 3.63) is 16.1 Å². The summed E-state index contributed by atoms with van der Waals surface area (Å²) >= 11 is 1.61. The molecule has 0 unspecified atom stereocenters. The van der Waals surface area contributed by atoms with Crippen LogP contribution in [0.5, 0.6) is 0 Å². The molecule has 6 heteroatoms. The predicted molar refractivity (Wildman–Crippen MR) is 58.1 cm³/mol. The fourth-order valence-corrected chi connectivity index (χ4v) is 2.67. The quantitative estimate of drug-likeness (QED) is 0.802. The van der Waals surface area contributed by atoms with Crippen LogP contribution in [0.1, 0.15) is 29.6 Å². The minimum atomic E-state index is 0.166. The first-order valence-corrected chi connectivity index (χ1v) is 6.09. The van der Waals surface area contributed by atoms with E-state index in [0.717, 1.165) is 41.5 Å². The molecule has 3 heterocycles. The zero-order valence-electron chi connectivity index (χ0n) is 8.84. The van der Waals surface area contributed by atoms with Gasteiger partial charge in [0.15, 0.2) is 5.69 Å². The van der Waals surface area contributed by atoms with Crippen LogP contribution in [0.4, 0.5) is 0 Å². The Morgan fingerprint density at radius 3 is 3.06 bits per heavy atom. The Kier molecular flexibility index (Phi) is 2.45. The van der Waals surface area contributed by atoms with Crippen LogP contribution in [-0.2, 0) is 4.74 Å². The molecule has 1 saturated heterocycles. The molecule has 0 spiro atoms. The van der Waals surface area contributed by atoms with Crippen molar-refractivity contribution < 1.29 is 9.37 Å². The maximum Gasteiger partial charge on any atom is 0.157 e. The average Bonchev–Trinajstić information content (AvgIpc) is 2.96. The second-order valence-electron chi connectivity index (χ2n) is 3.77. The first-order chi connectivity index (χ1) is 7.84. The molecule has 2 aromatic rings. The number of aromatic nitrogens is 3. The molecule has 0 saturated carbocycles. The third kappa shape index (κ3) is 1.64. The smallest absolute Gasteiger partial charge is 0.157 e. The lowest BCUT2D eigenvalue weighted by Crippen LogP contribution is -1.94. The van der Waals surface area contributed by atoms with E-state index in [1.165, 1.54) is 0 Å². The van der Waals surface area contributed by atoms with E-state index in [1.54, 1.807) is 11.3 Å². The highest BCUT2D eigenvalue weighted by Gasteiger charge is 2.22. The lowest BCUT2D eigenvalue weighted by atomic mass is 10.2. The van der Waals surface area contributed by atoms with Crippen LogP contribution in [-0.4, -0.2) is 21.9 Å². The van der Waals surface area contributed by atoms with Crippen molar-refractivity contribution in [2.24, 2.45) is 0 Å². The molecule has 0 N–H and O–H groups in total. The van der Waals surface area contributed by atoms with Crippen molar-refractivity contribution in [1.29, 1.82) is 0 Å². The van der Waals surface area contributed by atoms with E-state index in [-0.39, 0.29) is 6.10 Å². The Labute approximate surface area is 96.4 Å². The van der Waals surface area contributed by atoms with Crippen LogP contribution in [0.15, 0.2) is 10.0 Å². The summed E-state index contributed by atoms with van der Waals surface area (Å²) in [7, 11) is 0. The van der Waals surface area contributed by atoms with Gasteiger partial charge >= 0.3 is 0 Å². The summed E-state index contributed by atoms with van der Waals surface area (Å²) in [4.78, 5) is 4.53. The number of ether oxygens (including phenoxy) is 1. The summed E-state index contributed by atoms with van der Waals surface area (Å²) in [5.74, 6) is 0. The Balaban J connectivity index is 1.90. The highest BCUT2D eigenvalue weighted by molar-refractivity contribution is 7.10. The number of hydrogen-bond donors (Lipinski definition) is 0. The van der Waals surface area contributed by atoms with E-state index in [4.69, 9.17) is 4.74 Å². The monoisotopic (exact) mass is 237 g/mol. The van der Waals surface area contributed by atoms with Gasteiger partial charge in [-0.3, -0.25) is 0 Å². The summed E-state index contributed by atoms with van der Waals surface area (Å²) in [5, 5.41) is 10.6. The van der Waals surface area contributed by atoms with Gasteiger partial charge in [-0.1, -0.05) is 5.16 Å². The van der Waals surface area contributed by atoms with E-state index < -0.39 is 0 Å². The molecule has 84 valence electrons. The molecule has 1 aliphatic rings. The SMILES string of the molecule is Cc1nonc1-c1csc([C@@H]2CCCO2)n1. The second kappa shape index (κ2) is 3.95. The lowest BCUT2D eigenvalue weighted by Gasteiger charge is -2.03. The number of thiazole rings is 1. The van der Waals surface area contributed by atoms with Gasteiger partial charge in [0, 0.05) is 12.0 Å². The molecule has 0 radical (unpaired) electrons. The highest BCUT2D eigenvalue weighted by Crippen LogP contribution is 2.33. The molecule has 1 fully saturated rings. The fourth-order valence-electron chi connectivity index (χ4n) is 1.78. The van der Waals surface area contributed by atoms with Gasteiger partial charge in [0.2, 0.25) is 0 Å². The van der Waals surface area contributed by atoms with Gasteiger partial charge in [0.05, 0.1) is 0 Å². The van der Waals surface area contributed by atoms with E-state index in [9.17, 15) is 0 Å². The summed E-state index contributed by atoms with van der Waals surface area (Å²) in [6.45, 7) is 2.70.